The molecule has 2 aliphatic carbocycles. The molecule has 4 rings (SSSR count). The normalized spacial score (nSPS) is 29.1. The molecule has 1 aromatic rings. The molecule has 2 heterocycles. The van der Waals surface area contributed by atoms with E-state index in [1.54, 1.807) is 0 Å². The van der Waals surface area contributed by atoms with Crippen LogP contribution in [0.1, 0.15) is 44.0 Å². The minimum absolute atomic E-state index is 0.153. The molecule has 1 N–H and O–H groups in total. The quantitative estimate of drug-likeness (QED) is 0.609. The summed E-state index contributed by atoms with van der Waals surface area (Å²) in [6.07, 6.45) is 6.91. The standard InChI is InChI=1S/C18H22N4O3S/c1-3-9(4-2)15-20-21-18(26-15)19-12(23)8-22-16(24)13-10-5-6-11(7-10)14(13)17(22)25/h5-6,9-11,13-14H,3-4,7-8H2,1-2H3,(H,19,21,23)/t10-,11+,13+,14-. The summed E-state index contributed by atoms with van der Waals surface area (Å²) in [6.45, 7) is 3.94. The third kappa shape index (κ3) is 2.67. The van der Waals surface area contributed by atoms with Crippen molar-refractivity contribution in [3.63, 3.8) is 0 Å². The van der Waals surface area contributed by atoms with Gasteiger partial charge in [0.15, 0.2) is 0 Å². The lowest BCUT2D eigenvalue weighted by Crippen LogP contribution is -2.39. The highest BCUT2D eigenvalue weighted by molar-refractivity contribution is 7.15. The second-order valence-electron chi connectivity index (χ2n) is 7.27. The van der Waals surface area contributed by atoms with E-state index in [-0.39, 0.29) is 42.0 Å². The summed E-state index contributed by atoms with van der Waals surface area (Å²) >= 11 is 1.35. The SMILES string of the molecule is CCC(CC)c1nnc(NC(=O)CN2C(=O)[C@@H]3[C@H](C2=O)[C@H]2C=C[C@@H]3C2)s1. The molecule has 3 amide bonds. The van der Waals surface area contributed by atoms with Crippen LogP contribution in [0.5, 0.6) is 0 Å². The third-order valence-corrected chi connectivity index (χ3v) is 6.89. The zero-order chi connectivity index (χ0) is 18.4. The van der Waals surface area contributed by atoms with Crippen molar-refractivity contribution in [3.05, 3.63) is 17.2 Å². The fourth-order valence-electron chi connectivity index (χ4n) is 4.51. The highest BCUT2D eigenvalue weighted by Gasteiger charge is 2.59. The van der Waals surface area contributed by atoms with Crippen LogP contribution in [0.15, 0.2) is 12.2 Å². The monoisotopic (exact) mass is 374 g/mol. The number of hydrogen-bond acceptors (Lipinski definition) is 6. The van der Waals surface area contributed by atoms with E-state index in [1.807, 2.05) is 12.2 Å². The van der Waals surface area contributed by atoms with E-state index in [9.17, 15) is 14.4 Å². The van der Waals surface area contributed by atoms with Crippen LogP contribution < -0.4 is 5.32 Å². The van der Waals surface area contributed by atoms with E-state index < -0.39 is 5.91 Å². The maximum atomic E-state index is 12.6. The smallest absolute Gasteiger partial charge is 0.246 e. The van der Waals surface area contributed by atoms with Gasteiger partial charge in [-0.1, -0.05) is 37.3 Å². The molecule has 1 aromatic heterocycles. The first-order valence-corrected chi connectivity index (χ1v) is 10.0. The summed E-state index contributed by atoms with van der Waals surface area (Å²) < 4.78 is 0. The van der Waals surface area contributed by atoms with Gasteiger partial charge in [0.2, 0.25) is 22.9 Å². The van der Waals surface area contributed by atoms with Gasteiger partial charge in [0, 0.05) is 5.92 Å². The highest BCUT2D eigenvalue weighted by atomic mass is 32.1. The Labute approximate surface area is 155 Å². The summed E-state index contributed by atoms with van der Waals surface area (Å²) in [4.78, 5) is 38.7. The van der Waals surface area contributed by atoms with Crippen molar-refractivity contribution in [2.45, 2.75) is 39.0 Å². The lowest BCUT2D eigenvalue weighted by molar-refractivity contribution is -0.143. The van der Waals surface area contributed by atoms with Gasteiger partial charge in [-0.3, -0.25) is 24.6 Å². The molecule has 1 saturated heterocycles. The number of aromatic nitrogens is 2. The Hall–Kier alpha value is -2.09. The maximum Gasteiger partial charge on any atom is 0.246 e. The first-order valence-electron chi connectivity index (χ1n) is 9.20. The molecular formula is C18H22N4O3S. The van der Waals surface area contributed by atoms with E-state index >= 15 is 0 Å². The molecule has 2 fully saturated rings. The number of carbonyl (C=O) groups excluding carboxylic acids is 3. The Bertz CT molecular complexity index is 755. The van der Waals surface area contributed by atoms with Gasteiger partial charge in [0.05, 0.1) is 11.8 Å². The Balaban J connectivity index is 1.40. The van der Waals surface area contributed by atoms with Crippen LogP contribution in [-0.2, 0) is 14.4 Å². The zero-order valence-electron chi connectivity index (χ0n) is 14.8. The third-order valence-electron chi connectivity index (χ3n) is 5.89. The number of hydrogen-bond donors (Lipinski definition) is 1. The number of imide groups is 1. The number of nitrogens with one attached hydrogen (secondary N) is 1. The molecule has 2 bridgehead atoms. The molecule has 0 radical (unpaired) electrons. The Kier molecular flexibility index (Phi) is 4.38. The van der Waals surface area contributed by atoms with Crippen LogP contribution >= 0.6 is 11.3 Å². The predicted octanol–water partition coefficient (Wildman–Crippen LogP) is 2.19. The summed E-state index contributed by atoms with van der Waals surface area (Å²) in [5.41, 5.74) is 0. The average Bonchev–Trinajstić information content (AvgIpc) is 3.38. The Morgan fingerprint density at radius 1 is 1.19 bits per heavy atom. The summed E-state index contributed by atoms with van der Waals surface area (Å²) in [5.74, 6) is -0.715. The van der Waals surface area contributed by atoms with Crippen LogP contribution in [0, 0.1) is 23.7 Å². The van der Waals surface area contributed by atoms with Gasteiger partial charge in [0.25, 0.3) is 0 Å². The maximum absolute atomic E-state index is 12.6. The molecule has 7 nitrogen and oxygen atoms in total. The molecule has 26 heavy (non-hydrogen) atoms. The first-order chi connectivity index (χ1) is 12.5. The summed E-state index contributed by atoms with van der Waals surface area (Å²) in [7, 11) is 0. The van der Waals surface area contributed by atoms with E-state index in [1.165, 1.54) is 11.3 Å². The average molecular weight is 374 g/mol. The lowest BCUT2D eigenvalue weighted by atomic mass is 9.85. The van der Waals surface area contributed by atoms with Gasteiger partial charge in [-0.25, -0.2) is 0 Å². The van der Waals surface area contributed by atoms with Gasteiger partial charge in [0.1, 0.15) is 11.6 Å². The van der Waals surface area contributed by atoms with Gasteiger partial charge in [-0.05, 0) is 31.1 Å². The molecule has 1 saturated carbocycles. The number of nitrogens with zero attached hydrogens (tertiary/aromatic N) is 3. The molecule has 0 aromatic carbocycles. The van der Waals surface area contributed by atoms with Crippen molar-refractivity contribution in [2.24, 2.45) is 23.7 Å². The van der Waals surface area contributed by atoms with Crippen molar-refractivity contribution in [1.82, 2.24) is 15.1 Å². The zero-order valence-corrected chi connectivity index (χ0v) is 15.7. The van der Waals surface area contributed by atoms with E-state index in [4.69, 9.17) is 0 Å². The van der Waals surface area contributed by atoms with Gasteiger partial charge >= 0.3 is 0 Å². The van der Waals surface area contributed by atoms with Crippen molar-refractivity contribution in [2.75, 3.05) is 11.9 Å². The number of likely N-dealkylation sites (tertiary alicyclic amines) is 1. The minimum atomic E-state index is -0.403. The van der Waals surface area contributed by atoms with Crippen molar-refractivity contribution in [3.8, 4) is 0 Å². The van der Waals surface area contributed by atoms with Crippen LogP contribution in [0.4, 0.5) is 5.13 Å². The number of allylic oxidation sites excluding steroid dienone is 2. The molecular weight excluding hydrogens is 352 g/mol. The van der Waals surface area contributed by atoms with Crippen molar-refractivity contribution in [1.29, 1.82) is 0 Å². The Morgan fingerprint density at radius 3 is 2.38 bits per heavy atom. The van der Waals surface area contributed by atoms with Crippen LogP contribution in [0.2, 0.25) is 0 Å². The lowest BCUT2D eigenvalue weighted by Gasteiger charge is -2.16. The van der Waals surface area contributed by atoms with Gasteiger partial charge < -0.3 is 0 Å². The molecule has 8 heteroatoms. The van der Waals surface area contributed by atoms with Crippen molar-refractivity contribution >= 4 is 34.2 Å². The highest BCUT2D eigenvalue weighted by Crippen LogP contribution is 2.52. The second kappa shape index (κ2) is 6.57. The molecule has 0 spiro atoms. The molecule has 0 unspecified atom stereocenters. The second-order valence-corrected chi connectivity index (χ2v) is 8.28. The summed E-state index contributed by atoms with van der Waals surface area (Å²) in [5, 5.41) is 12.2. The van der Waals surface area contributed by atoms with Crippen LogP contribution in [0.25, 0.3) is 0 Å². The molecule has 3 aliphatic rings. The number of carbonyl (C=O) groups is 3. The van der Waals surface area contributed by atoms with Crippen LogP contribution in [0.3, 0.4) is 0 Å². The molecule has 4 atom stereocenters. The molecule has 1 aliphatic heterocycles. The first kappa shape index (κ1) is 17.3. The predicted molar refractivity (Wildman–Crippen MR) is 96.3 cm³/mol. The van der Waals surface area contributed by atoms with Gasteiger partial charge in [-0.15, -0.1) is 10.2 Å². The van der Waals surface area contributed by atoms with E-state index in [0.29, 0.717) is 11.0 Å². The number of anilines is 1. The fraction of sp³-hybridized carbons (Fsp3) is 0.611. The van der Waals surface area contributed by atoms with Crippen LogP contribution in [-0.4, -0.2) is 39.4 Å². The summed E-state index contributed by atoms with van der Waals surface area (Å²) in [6, 6.07) is 0. The number of amides is 3. The van der Waals surface area contributed by atoms with E-state index in [2.05, 4.69) is 29.4 Å². The molecule has 138 valence electrons. The largest absolute Gasteiger partial charge is 0.299 e. The van der Waals surface area contributed by atoms with Crippen molar-refractivity contribution < 1.29 is 14.4 Å². The topological polar surface area (TPSA) is 92.3 Å². The van der Waals surface area contributed by atoms with Gasteiger partial charge in [-0.2, -0.15) is 0 Å². The number of fused-ring (bicyclic) bond motifs is 5. The Morgan fingerprint density at radius 2 is 1.81 bits per heavy atom. The number of rotatable bonds is 6. The minimum Gasteiger partial charge on any atom is -0.299 e. The fourth-order valence-corrected chi connectivity index (χ4v) is 5.54. The van der Waals surface area contributed by atoms with E-state index in [0.717, 1.165) is 29.2 Å².